The largest absolute Gasteiger partial charge is 0.466 e. The van der Waals surface area contributed by atoms with Gasteiger partial charge in [0.1, 0.15) is 0 Å². The Kier molecular flexibility index (Phi) is 75.3. The maximum atomic E-state index is 12.6. The third kappa shape index (κ3) is 73.3. The monoisotopic (exact) mass is 1220 g/mol. The molecule has 0 saturated heterocycles. The van der Waals surface area contributed by atoms with Crippen molar-refractivity contribution in [3.05, 3.63) is 24.3 Å². The quantitative estimate of drug-likeness (QED) is 0.0320. The van der Waals surface area contributed by atoms with Crippen LogP contribution in [0.4, 0.5) is 0 Å². The van der Waals surface area contributed by atoms with Gasteiger partial charge in [0.25, 0.3) is 0 Å². The molecule has 0 saturated carbocycles. The number of esters is 1. The van der Waals surface area contributed by atoms with Crippen LogP contribution in [0.25, 0.3) is 0 Å². The molecular formula is C81H157NO5. The van der Waals surface area contributed by atoms with Crippen LogP contribution >= 0.6 is 0 Å². The molecule has 0 aromatic rings. The predicted octanol–water partition coefficient (Wildman–Crippen LogP) is 26.4. The minimum absolute atomic E-state index is 0.0189. The van der Waals surface area contributed by atoms with E-state index >= 15 is 0 Å². The Morgan fingerprint density at radius 3 is 0.816 bits per heavy atom. The highest BCUT2D eigenvalue weighted by Crippen LogP contribution is 2.20. The maximum absolute atomic E-state index is 12.6. The Labute approximate surface area is 545 Å². The van der Waals surface area contributed by atoms with Crippen molar-refractivity contribution in [2.45, 2.75) is 469 Å². The van der Waals surface area contributed by atoms with Crippen molar-refractivity contribution in [2.75, 3.05) is 13.2 Å². The van der Waals surface area contributed by atoms with E-state index in [1.165, 1.54) is 385 Å². The van der Waals surface area contributed by atoms with Crippen LogP contribution in [0.3, 0.4) is 0 Å². The van der Waals surface area contributed by atoms with Crippen LogP contribution in [-0.2, 0) is 14.3 Å². The van der Waals surface area contributed by atoms with Crippen molar-refractivity contribution in [3.63, 3.8) is 0 Å². The van der Waals surface area contributed by atoms with Crippen LogP contribution in [0.1, 0.15) is 457 Å². The van der Waals surface area contributed by atoms with E-state index in [4.69, 9.17) is 4.74 Å². The molecule has 2 unspecified atom stereocenters. The third-order valence-electron chi connectivity index (χ3n) is 19.0. The average Bonchev–Trinajstić information content (AvgIpc) is 3.54. The smallest absolute Gasteiger partial charge is 0.305 e. The van der Waals surface area contributed by atoms with Gasteiger partial charge in [-0.3, -0.25) is 9.59 Å². The van der Waals surface area contributed by atoms with E-state index in [-0.39, 0.29) is 18.5 Å². The molecular weight excluding hydrogens is 1070 g/mol. The first-order valence-electron chi connectivity index (χ1n) is 40.1. The highest BCUT2D eigenvalue weighted by atomic mass is 16.5. The number of hydrogen-bond donors (Lipinski definition) is 3. The first-order valence-corrected chi connectivity index (χ1v) is 40.1. The third-order valence-corrected chi connectivity index (χ3v) is 19.0. The van der Waals surface area contributed by atoms with Gasteiger partial charge in [-0.1, -0.05) is 391 Å². The van der Waals surface area contributed by atoms with Crippen LogP contribution in [0.2, 0.25) is 0 Å². The average molecular weight is 1230 g/mol. The Morgan fingerprint density at radius 1 is 0.310 bits per heavy atom. The van der Waals surface area contributed by atoms with E-state index < -0.39 is 12.1 Å². The van der Waals surface area contributed by atoms with Gasteiger partial charge in [-0.15, -0.1) is 0 Å². The number of aliphatic hydroxyl groups excluding tert-OH is 2. The summed E-state index contributed by atoms with van der Waals surface area (Å²) < 4.78 is 5.52. The Hall–Kier alpha value is -1.66. The summed E-state index contributed by atoms with van der Waals surface area (Å²) in [6, 6.07) is -0.540. The Bertz CT molecular complexity index is 1360. The van der Waals surface area contributed by atoms with Gasteiger partial charge in [-0.25, -0.2) is 0 Å². The highest BCUT2D eigenvalue weighted by Gasteiger charge is 2.20. The lowest BCUT2D eigenvalue weighted by Gasteiger charge is -2.22. The Morgan fingerprint density at radius 2 is 0.540 bits per heavy atom. The van der Waals surface area contributed by atoms with Crippen LogP contribution in [-0.4, -0.2) is 47.4 Å². The topological polar surface area (TPSA) is 95.9 Å². The van der Waals surface area contributed by atoms with E-state index in [1.807, 2.05) is 0 Å². The van der Waals surface area contributed by atoms with Gasteiger partial charge in [0.05, 0.1) is 25.4 Å². The van der Waals surface area contributed by atoms with E-state index in [1.54, 1.807) is 0 Å². The summed E-state index contributed by atoms with van der Waals surface area (Å²) in [5.41, 5.74) is 0. The van der Waals surface area contributed by atoms with Crippen molar-refractivity contribution in [2.24, 2.45) is 0 Å². The second kappa shape index (κ2) is 76.8. The molecule has 0 aliphatic carbocycles. The molecule has 6 nitrogen and oxygen atoms in total. The summed E-state index contributed by atoms with van der Waals surface area (Å²) in [5, 5.41) is 23.4. The number of allylic oxidation sites excluding steroid dienone is 4. The molecule has 0 radical (unpaired) electrons. The summed E-state index contributed by atoms with van der Waals surface area (Å²) in [4.78, 5) is 24.7. The lowest BCUT2D eigenvalue weighted by Crippen LogP contribution is -2.45. The molecule has 87 heavy (non-hydrogen) atoms. The number of ether oxygens (including phenoxy) is 1. The summed E-state index contributed by atoms with van der Waals surface area (Å²) in [6.07, 6.45) is 98.4. The van der Waals surface area contributed by atoms with E-state index in [2.05, 4.69) is 43.5 Å². The normalized spacial score (nSPS) is 12.6. The molecule has 3 N–H and O–H groups in total. The fourth-order valence-corrected chi connectivity index (χ4v) is 12.9. The van der Waals surface area contributed by atoms with E-state index in [9.17, 15) is 19.8 Å². The van der Waals surface area contributed by atoms with Gasteiger partial charge in [-0.2, -0.15) is 0 Å². The number of aliphatic hydroxyl groups is 2. The molecule has 0 rings (SSSR count). The Balaban J connectivity index is 3.34. The van der Waals surface area contributed by atoms with Crippen LogP contribution in [0, 0.1) is 0 Å². The predicted molar refractivity (Wildman–Crippen MR) is 384 cm³/mol. The lowest BCUT2D eigenvalue weighted by atomic mass is 10.0. The van der Waals surface area contributed by atoms with Gasteiger partial charge in [0.2, 0.25) is 5.91 Å². The number of nitrogens with one attached hydrogen (secondary N) is 1. The fourth-order valence-electron chi connectivity index (χ4n) is 12.9. The van der Waals surface area contributed by atoms with Crippen molar-refractivity contribution in [3.8, 4) is 0 Å². The number of carbonyl (C=O) groups excluding carboxylic acids is 2. The molecule has 0 aliphatic rings. The van der Waals surface area contributed by atoms with E-state index in [0.717, 1.165) is 38.5 Å². The molecule has 0 aromatic heterocycles. The maximum Gasteiger partial charge on any atom is 0.305 e. The highest BCUT2D eigenvalue weighted by molar-refractivity contribution is 5.76. The van der Waals surface area contributed by atoms with Crippen molar-refractivity contribution >= 4 is 11.9 Å². The first-order chi connectivity index (χ1) is 43.0. The molecule has 0 bridgehead atoms. The first kappa shape index (κ1) is 85.3. The number of rotatable bonds is 76. The standard InChI is InChI=1S/C81H157NO5/c1-3-5-7-9-11-13-15-17-19-21-37-41-45-49-53-57-61-65-69-73-79(84)78(77-83)82-80(85)74-70-66-62-58-54-50-46-42-39-35-33-31-29-27-25-23-24-26-28-30-32-34-36-40-44-48-52-56-60-64-68-72-76-87-81(86)75-71-67-63-59-55-51-47-43-38-22-20-18-16-14-12-10-8-6-4-2/h18,20,26,28,78-79,83-84H,3-17,19,21-25,27,29-77H2,1-2H3,(H,82,85)/b20-18-,28-26-. The lowest BCUT2D eigenvalue weighted by molar-refractivity contribution is -0.143. The molecule has 2 atom stereocenters. The molecule has 0 aromatic carbocycles. The summed E-state index contributed by atoms with van der Waals surface area (Å²) in [5.74, 6) is -0.00859. The zero-order valence-corrected chi connectivity index (χ0v) is 59.3. The van der Waals surface area contributed by atoms with Crippen LogP contribution in [0.15, 0.2) is 24.3 Å². The molecule has 0 aliphatic heterocycles. The molecule has 0 spiro atoms. The molecule has 1 amide bonds. The number of amides is 1. The number of hydrogen-bond acceptors (Lipinski definition) is 5. The van der Waals surface area contributed by atoms with Crippen LogP contribution in [0.5, 0.6) is 0 Å². The fraction of sp³-hybridized carbons (Fsp3) is 0.926. The summed E-state index contributed by atoms with van der Waals surface area (Å²) >= 11 is 0. The SMILES string of the molecule is CCCCCCCC/C=C\CCCCCCCCCCCC(=O)OCCCCCCCCCCCCCC/C=C\CCCCCCCCCCCCCCCCCCC(=O)NC(CO)C(O)CCCCCCCCCCCCCCCCCCCCC. The van der Waals surface area contributed by atoms with Crippen molar-refractivity contribution < 1.29 is 24.5 Å². The molecule has 516 valence electrons. The summed E-state index contributed by atoms with van der Waals surface area (Å²) in [6.45, 7) is 5.00. The number of unbranched alkanes of at least 4 members (excludes halogenated alkanes) is 61. The minimum Gasteiger partial charge on any atom is -0.466 e. The van der Waals surface area contributed by atoms with E-state index in [0.29, 0.717) is 25.9 Å². The zero-order chi connectivity index (χ0) is 62.8. The minimum atomic E-state index is -0.663. The number of carbonyl (C=O) groups is 2. The van der Waals surface area contributed by atoms with Crippen molar-refractivity contribution in [1.82, 2.24) is 5.32 Å². The van der Waals surface area contributed by atoms with Gasteiger partial charge in [-0.05, 0) is 77.0 Å². The molecule has 0 heterocycles. The molecule has 6 heteroatoms. The van der Waals surface area contributed by atoms with Gasteiger partial charge >= 0.3 is 5.97 Å². The zero-order valence-electron chi connectivity index (χ0n) is 59.3. The summed E-state index contributed by atoms with van der Waals surface area (Å²) in [7, 11) is 0. The molecule has 0 fully saturated rings. The van der Waals surface area contributed by atoms with Gasteiger partial charge < -0.3 is 20.3 Å². The second-order valence-electron chi connectivity index (χ2n) is 27.7. The van der Waals surface area contributed by atoms with Crippen molar-refractivity contribution in [1.29, 1.82) is 0 Å². The van der Waals surface area contributed by atoms with Gasteiger partial charge in [0, 0.05) is 12.8 Å². The van der Waals surface area contributed by atoms with Crippen LogP contribution < -0.4 is 5.32 Å². The van der Waals surface area contributed by atoms with Gasteiger partial charge in [0.15, 0.2) is 0 Å². The second-order valence-corrected chi connectivity index (χ2v) is 27.7.